The average molecular weight is 448 g/mol. The lowest BCUT2D eigenvalue weighted by molar-refractivity contribution is -0.0582. The largest absolute Gasteiger partial charge is 0.459 e. The van der Waals surface area contributed by atoms with Crippen LogP contribution in [-0.2, 0) is 14.2 Å². The second-order valence-corrected chi connectivity index (χ2v) is 7.92. The maximum Gasteiger partial charge on any atom is 0.338 e. The van der Waals surface area contributed by atoms with Crippen LogP contribution in [0.25, 0.3) is 0 Å². The summed E-state index contributed by atoms with van der Waals surface area (Å²) < 4.78 is 25.0. The van der Waals surface area contributed by atoms with Crippen LogP contribution in [0.4, 0.5) is 0 Å². The molecular formula is C24H20N2O7. The highest BCUT2D eigenvalue weighted by atomic mass is 16.7. The number of nitrogens with zero attached hydrogens (tertiary/aromatic N) is 2. The first-order chi connectivity index (χ1) is 16.0. The lowest BCUT2D eigenvalue weighted by Gasteiger charge is -2.29. The van der Waals surface area contributed by atoms with Crippen molar-refractivity contribution in [1.82, 2.24) is 9.55 Å². The minimum Gasteiger partial charge on any atom is -0.459 e. The number of carbonyl (C=O) groups is 2. The number of esters is 2. The van der Waals surface area contributed by atoms with Crippen LogP contribution < -0.4 is 10.3 Å². The summed E-state index contributed by atoms with van der Waals surface area (Å²) in [5, 5.41) is 0. The average Bonchev–Trinajstić information content (AvgIpc) is 3.26. The van der Waals surface area contributed by atoms with E-state index in [2.05, 4.69) is 4.98 Å². The third kappa shape index (κ3) is 3.76. The van der Waals surface area contributed by atoms with Crippen molar-refractivity contribution < 1.29 is 28.5 Å². The molecule has 33 heavy (non-hydrogen) atoms. The highest BCUT2D eigenvalue weighted by Crippen LogP contribution is 2.48. The monoisotopic (exact) mass is 448 g/mol. The molecule has 2 aliphatic heterocycles. The topological polar surface area (TPSA) is 106 Å². The Morgan fingerprint density at radius 2 is 1.64 bits per heavy atom. The number of aromatic nitrogens is 2. The number of carbonyl (C=O) groups excluding carboxylic acids is 2. The van der Waals surface area contributed by atoms with Gasteiger partial charge in [-0.15, -0.1) is 0 Å². The maximum absolute atomic E-state index is 12.9. The molecule has 2 aromatic carbocycles. The molecule has 0 saturated carbocycles. The van der Waals surface area contributed by atoms with E-state index in [9.17, 15) is 14.4 Å². The molecule has 0 radical (unpaired) electrons. The van der Waals surface area contributed by atoms with Gasteiger partial charge in [-0.25, -0.2) is 9.59 Å². The molecule has 0 aliphatic carbocycles. The number of hydrogen-bond donors (Lipinski definition) is 0. The second kappa shape index (κ2) is 8.18. The van der Waals surface area contributed by atoms with Crippen LogP contribution in [0.2, 0.25) is 0 Å². The minimum absolute atomic E-state index is 0.0653. The van der Waals surface area contributed by atoms with Gasteiger partial charge in [0.25, 0.3) is 5.56 Å². The Morgan fingerprint density at radius 1 is 1.00 bits per heavy atom. The lowest BCUT2D eigenvalue weighted by atomic mass is 9.96. The summed E-state index contributed by atoms with van der Waals surface area (Å²) in [5.74, 6) is -1.10. The molecule has 0 bridgehead atoms. The van der Waals surface area contributed by atoms with Gasteiger partial charge in [0.2, 0.25) is 0 Å². The molecule has 1 aromatic heterocycles. The summed E-state index contributed by atoms with van der Waals surface area (Å²) in [6.45, 7) is 1.54. The first-order valence-electron chi connectivity index (χ1n) is 10.4. The minimum atomic E-state index is -1.19. The number of fused-ring (bicyclic) bond motifs is 3. The number of hydrogen-bond acceptors (Lipinski definition) is 8. The summed E-state index contributed by atoms with van der Waals surface area (Å²) in [6, 6.07) is 18.4. The number of benzene rings is 2. The molecule has 1 fully saturated rings. The summed E-state index contributed by atoms with van der Waals surface area (Å²) >= 11 is 0. The van der Waals surface area contributed by atoms with Gasteiger partial charge < -0.3 is 18.9 Å². The van der Waals surface area contributed by atoms with Crippen LogP contribution in [0.15, 0.2) is 77.7 Å². The van der Waals surface area contributed by atoms with E-state index in [1.54, 1.807) is 72.2 Å². The standard InChI is InChI=1S/C24H20N2O7/c1-24-19(32-21(29)16-10-6-3-7-11-16)17(14-30-20(28)15-8-4-2-5-9-15)31-22(24)26-13-12-18(27)25-23(26)33-24/h2-13,17,19,22H,14H2,1H3/t17-,19-,22-,24+/m1/s1. The Bertz CT molecular complexity index is 1240. The first kappa shape index (κ1) is 20.9. The van der Waals surface area contributed by atoms with Crippen molar-refractivity contribution in [1.29, 1.82) is 0 Å². The van der Waals surface area contributed by atoms with Gasteiger partial charge >= 0.3 is 17.9 Å². The van der Waals surface area contributed by atoms with Gasteiger partial charge in [0, 0.05) is 12.3 Å². The Morgan fingerprint density at radius 3 is 2.30 bits per heavy atom. The van der Waals surface area contributed by atoms with Gasteiger partial charge in [0.15, 0.2) is 17.9 Å². The molecule has 3 aromatic rings. The smallest absolute Gasteiger partial charge is 0.338 e. The molecule has 2 aliphatic rings. The highest BCUT2D eigenvalue weighted by Gasteiger charge is 2.63. The van der Waals surface area contributed by atoms with Crippen molar-refractivity contribution in [2.45, 2.75) is 31.0 Å². The molecule has 4 atom stereocenters. The Hall–Kier alpha value is -3.98. The molecule has 0 N–H and O–H groups in total. The van der Waals surface area contributed by atoms with E-state index in [-0.39, 0.29) is 12.6 Å². The van der Waals surface area contributed by atoms with Gasteiger partial charge in [-0.05, 0) is 31.2 Å². The Labute approximate surface area is 188 Å². The van der Waals surface area contributed by atoms with Crippen molar-refractivity contribution in [3.63, 3.8) is 0 Å². The fourth-order valence-corrected chi connectivity index (χ4v) is 4.07. The van der Waals surface area contributed by atoms with Crippen LogP contribution in [0, 0.1) is 0 Å². The summed E-state index contributed by atoms with van der Waals surface area (Å²) in [6.07, 6.45) is -0.993. The zero-order valence-corrected chi connectivity index (χ0v) is 17.6. The van der Waals surface area contributed by atoms with Crippen molar-refractivity contribution in [2.24, 2.45) is 0 Å². The van der Waals surface area contributed by atoms with E-state index < -0.39 is 41.5 Å². The van der Waals surface area contributed by atoms with E-state index >= 15 is 0 Å². The van der Waals surface area contributed by atoms with E-state index in [4.69, 9.17) is 18.9 Å². The third-order valence-corrected chi connectivity index (χ3v) is 5.70. The fraction of sp³-hybridized carbons (Fsp3) is 0.250. The summed E-state index contributed by atoms with van der Waals surface area (Å²) in [7, 11) is 0. The molecular weight excluding hydrogens is 428 g/mol. The highest BCUT2D eigenvalue weighted by molar-refractivity contribution is 5.90. The molecule has 0 spiro atoms. The van der Waals surface area contributed by atoms with Crippen molar-refractivity contribution in [3.05, 3.63) is 94.4 Å². The molecule has 9 nitrogen and oxygen atoms in total. The zero-order chi connectivity index (χ0) is 23.0. The molecule has 1 saturated heterocycles. The van der Waals surface area contributed by atoms with Crippen LogP contribution in [0.1, 0.15) is 33.9 Å². The molecule has 9 heteroatoms. The van der Waals surface area contributed by atoms with Gasteiger partial charge in [0.05, 0.1) is 11.1 Å². The summed E-state index contributed by atoms with van der Waals surface area (Å²) in [5.41, 5.74) is -0.909. The number of ether oxygens (including phenoxy) is 4. The molecule has 0 unspecified atom stereocenters. The van der Waals surface area contributed by atoms with Gasteiger partial charge in [-0.3, -0.25) is 9.36 Å². The fourth-order valence-electron chi connectivity index (χ4n) is 4.07. The van der Waals surface area contributed by atoms with Crippen molar-refractivity contribution in [3.8, 4) is 6.01 Å². The van der Waals surface area contributed by atoms with Crippen LogP contribution in [0.3, 0.4) is 0 Å². The van der Waals surface area contributed by atoms with Gasteiger partial charge in [-0.2, -0.15) is 4.98 Å². The number of rotatable bonds is 5. The quantitative estimate of drug-likeness (QED) is 0.548. The van der Waals surface area contributed by atoms with Gasteiger partial charge in [-0.1, -0.05) is 36.4 Å². The Balaban J connectivity index is 1.41. The van der Waals surface area contributed by atoms with Crippen molar-refractivity contribution in [2.75, 3.05) is 6.61 Å². The van der Waals surface area contributed by atoms with E-state index in [0.29, 0.717) is 11.1 Å². The molecule has 3 heterocycles. The normalized spacial score (nSPS) is 24.9. The second-order valence-electron chi connectivity index (χ2n) is 7.92. The van der Waals surface area contributed by atoms with Crippen LogP contribution in [-0.4, -0.2) is 45.9 Å². The molecule has 5 rings (SSSR count). The molecule has 0 amide bonds. The predicted octanol–water partition coefficient (Wildman–Crippen LogP) is 2.37. The first-order valence-corrected chi connectivity index (χ1v) is 10.4. The van der Waals surface area contributed by atoms with E-state index in [1.807, 2.05) is 0 Å². The van der Waals surface area contributed by atoms with Crippen LogP contribution in [0.5, 0.6) is 6.01 Å². The Kier molecular flexibility index (Phi) is 5.18. The summed E-state index contributed by atoms with van der Waals surface area (Å²) in [4.78, 5) is 40.9. The van der Waals surface area contributed by atoms with Crippen LogP contribution >= 0.6 is 0 Å². The van der Waals surface area contributed by atoms with E-state index in [1.165, 1.54) is 12.3 Å². The van der Waals surface area contributed by atoms with Gasteiger partial charge in [0.1, 0.15) is 12.7 Å². The third-order valence-electron chi connectivity index (χ3n) is 5.70. The van der Waals surface area contributed by atoms with Crippen molar-refractivity contribution >= 4 is 11.9 Å². The zero-order valence-electron chi connectivity index (χ0n) is 17.6. The van der Waals surface area contributed by atoms with E-state index in [0.717, 1.165) is 0 Å². The SMILES string of the molecule is C[C@@]12Oc3nc(=O)ccn3[C@@H]1O[C@H](COC(=O)c1ccccc1)[C@H]2OC(=O)c1ccccc1. The maximum atomic E-state index is 12.9. The molecule has 168 valence electrons. The lowest BCUT2D eigenvalue weighted by Crippen LogP contribution is -2.49. The predicted molar refractivity (Wildman–Crippen MR) is 114 cm³/mol.